The molecule has 0 bridgehead atoms. The molecule has 9 heteroatoms. The summed E-state index contributed by atoms with van der Waals surface area (Å²) >= 11 is 5.87. The van der Waals surface area contributed by atoms with Crippen molar-refractivity contribution in [3.8, 4) is 11.4 Å². The van der Waals surface area contributed by atoms with E-state index in [9.17, 15) is 9.59 Å². The van der Waals surface area contributed by atoms with Crippen LogP contribution in [0.4, 0.5) is 4.79 Å². The molecule has 0 aliphatic carbocycles. The van der Waals surface area contributed by atoms with Gasteiger partial charge in [-0.15, -0.1) is 0 Å². The van der Waals surface area contributed by atoms with Crippen LogP contribution in [0, 0.1) is 0 Å². The topological polar surface area (TPSA) is 78.6 Å². The lowest BCUT2D eigenvalue weighted by Gasteiger charge is -2.30. The normalized spacial score (nSPS) is 13.5. The fourth-order valence-corrected chi connectivity index (χ4v) is 4.70. The largest absolute Gasteiger partial charge is 0.487 e. The van der Waals surface area contributed by atoms with Crippen LogP contribution in [0.2, 0.25) is 5.02 Å². The van der Waals surface area contributed by atoms with Gasteiger partial charge in [-0.25, -0.2) is 4.79 Å². The summed E-state index contributed by atoms with van der Waals surface area (Å²) < 4.78 is 15.0. The molecule has 5 rings (SSSR count). The molecule has 1 aromatic carbocycles. The smallest absolute Gasteiger partial charge is 0.410 e. The van der Waals surface area contributed by atoms with E-state index in [4.69, 9.17) is 21.1 Å². The molecular formula is C28H29ClN4O4. The number of ether oxygens (including phenoxy) is 2. The van der Waals surface area contributed by atoms with Gasteiger partial charge in [0.15, 0.2) is 0 Å². The van der Waals surface area contributed by atoms with Crippen LogP contribution in [0.15, 0.2) is 59.7 Å². The zero-order valence-corrected chi connectivity index (χ0v) is 22.1. The first-order chi connectivity index (χ1) is 17.6. The maximum Gasteiger partial charge on any atom is 0.410 e. The number of carbonyl (C=O) groups excluding carboxylic acids is 1. The maximum atomic E-state index is 12.9. The average Bonchev–Trinajstić information content (AvgIpc) is 3.13. The van der Waals surface area contributed by atoms with Crippen LogP contribution in [-0.4, -0.2) is 37.3 Å². The van der Waals surface area contributed by atoms with Crippen LogP contribution in [0.1, 0.15) is 37.7 Å². The molecule has 0 fully saturated rings. The van der Waals surface area contributed by atoms with E-state index < -0.39 is 5.60 Å². The predicted octanol–water partition coefficient (Wildman–Crippen LogP) is 5.25. The monoisotopic (exact) mass is 520 g/mol. The second kappa shape index (κ2) is 9.59. The van der Waals surface area contributed by atoms with Crippen LogP contribution < -0.4 is 10.3 Å². The van der Waals surface area contributed by atoms with Gasteiger partial charge in [0, 0.05) is 43.1 Å². The van der Waals surface area contributed by atoms with E-state index in [1.165, 1.54) is 11.6 Å². The number of benzene rings is 1. The molecule has 37 heavy (non-hydrogen) atoms. The minimum atomic E-state index is -0.536. The van der Waals surface area contributed by atoms with Crippen LogP contribution in [0.25, 0.3) is 16.6 Å². The van der Waals surface area contributed by atoms with E-state index in [0.717, 1.165) is 34.4 Å². The van der Waals surface area contributed by atoms with Crippen LogP contribution in [-0.2, 0) is 31.4 Å². The Kier molecular flexibility index (Phi) is 6.45. The van der Waals surface area contributed by atoms with Crippen molar-refractivity contribution in [1.82, 2.24) is 19.0 Å². The first kappa shape index (κ1) is 24.9. The molecule has 192 valence electrons. The van der Waals surface area contributed by atoms with Gasteiger partial charge in [0.25, 0.3) is 5.56 Å². The number of aromatic nitrogens is 3. The Hall–Kier alpha value is -3.78. The van der Waals surface area contributed by atoms with Gasteiger partial charge in [0.05, 0.1) is 28.5 Å². The zero-order valence-electron chi connectivity index (χ0n) is 21.3. The third kappa shape index (κ3) is 5.20. The molecule has 0 unspecified atom stereocenters. The van der Waals surface area contributed by atoms with Gasteiger partial charge in [-0.1, -0.05) is 17.7 Å². The number of halogens is 1. The summed E-state index contributed by atoms with van der Waals surface area (Å²) in [5, 5.41) is 1.69. The van der Waals surface area contributed by atoms with Crippen molar-refractivity contribution >= 4 is 28.6 Å². The predicted molar refractivity (Wildman–Crippen MR) is 142 cm³/mol. The summed E-state index contributed by atoms with van der Waals surface area (Å²) in [6.45, 7) is 6.94. The highest BCUT2D eigenvalue weighted by Gasteiger charge is 2.29. The molecular weight excluding hydrogens is 492 g/mol. The quantitative estimate of drug-likeness (QED) is 0.367. The molecule has 0 saturated heterocycles. The number of fused-ring (bicyclic) bond motifs is 3. The van der Waals surface area contributed by atoms with Gasteiger partial charge in [0.1, 0.15) is 18.0 Å². The van der Waals surface area contributed by atoms with E-state index in [-0.39, 0.29) is 18.3 Å². The lowest BCUT2D eigenvalue weighted by atomic mass is 10.0. The molecule has 8 nitrogen and oxygen atoms in total. The Morgan fingerprint density at radius 1 is 1.14 bits per heavy atom. The lowest BCUT2D eigenvalue weighted by molar-refractivity contribution is 0.0220. The molecule has 0 spiro atoms. The molecule has 1 amide bonds. The third-order valence-electron chi connectivity index (χ3n) is 6.39. The second-order valence-electron chi connectivity index (χ2n) is 10.2. The fourth-order valence-electron chi connectivity index (χ4n) is 4.59. The number of amides is 1. The Morgan fingerprint density at radius 3 is 2.65 bits per heavy atom. The van der Waals surface area contributed by atoms with Gasteiger partial charge in [0.2, 0.25) is 0 Å². The van der Waals surface area contributed by atoms with Gasteiger partial charge in [-0.05, 0) is 63.1 Å². The Labute approximate surface area is 220 Å². The molecule has 0 N–H and O–H groups in total. The number of rotatable bonds is 4. The van der Waals surface area contributed by atoms with Crippen LogP contribution in [0.5, 0.6) is 5.75 Å². The molecule has 0 saturated carbocycles. The van der Waals surface area contributed by atoms with Gasteiger partial charge < -0.3 is 18.9 Å². The molecule has 4 heterocycles. The number of pyridine rings is 2. The second-order valence-corrected chi connectivity index (χ2v) is 10.6. The summed E-state index contributed by atoms with van der Waals surface area (Å²) in [7, 11) is 1.99. The van der Waals surface area contributed by atoms with Crippen molar-refractivity contribution in [1.29, 1.82) is 0 Å². The van der Waals surface area contributed by atoms with E-state index >= 15 is 0 Å². The SMILES string of the molecule is Cn1c2c(c3ccc(-n4ccc(OCc5ccc(Cl)cn5)cc4=O)cc31)CCN(C(=O)OC(C)(C)C)C2. The summed E-state index contributed by atoms with van der Waals surface area (Å²) in [5.41, 5.74) is 4.06. The van der Waals surface area contributed by atoms with Crippen molar-refractivity contribution in [2.75, 3.05) is 6.54 Å². The van der Waals surface area contributed by atoms with E-state index in [2.05, 4.69) is 15.6 Å². The van der Waals surface area contributed by atoms with E-state index in [0.29, 0.717) is 23.9 Å². The summed E-state index contributed by atoms with van der Waals surface area (Å²) in [6, 6.07) is 12.8. The van der Waals surface area contributed by atoms with Gasteiger partial charge in [-0.2, -0.15) is 0 Å². The van der Waals surface area contributed by atoms with Crippen molar-refractivity contribution in [3.05, 3.63) is 87.2 Å². The van der Waals surface area contributed by atoms with Crippen LogP contribution in [0.3, 0.4) is 0 Å². The first-order valence-electron chi connectivity index (χ1n) is 12.1. The molecule has 3 aromatic heterocycles. The van der Waals surface area contributed by atoms with Crippen molar-refractivity contribution in [3.63, 3.8) is 0 Å². The number of hydrogen-bond acceptors (Lipinski definition) is 5. The highest BCUT2D eigenvalue weighted by Crippen LogP contribution is 2.32. The summed E-state index contributed by atoms with van der Waals surface area (Å²) in [4.78, 5) is 31.5. The minimum Gasteiger partial charge on any atom is -0.487 e. The molecule has 1 aliphatic heterocycles. The lowest BCUT2D eigenvalue weighted by Crippen LogP contribution is -2.40. The highest BCUT2D eigenvalue weighted by molar-refractivity contribution is 6.30. The zero-order chi connectivity index (χ0) is 26.3. The van der Waals surface area contributed by atoms with Crippen molar-refractivity contribution in [2.24, 2.45) is 7.05 Å². The molecule has 0 atom stereocenters. The number of aryl methyl sites for hydroxylation is 1. The summed E-state index contributed by atoms with van der Waals surface area (Å²) in [5.74, 6) is 0.468. The van der Waals surface area contributed by atoms with Crippen LogP contribution >= 0.6 is 11.6 Å². The number of nitrogens with zero attached hydrogens (tertiary/aromatic N) is 4. The van der Waals surface area contributed by atoms with Gasteiger partial charge in [-0.3, -0.25) is 14.3 Å². The molecule has 4 aromatic rings. The average molecular weight is 521 g/mol. The summed E-state index contributed by atoms with van der Waals surface area (Å²) in [6.07, 6.45) is 3.72. The first-order valence-corrected chi connectivity index (χ1v) is 12.5. The minimum absolute atomic E-state index is 0.198. The maximum absolute atomic E-state index is 12.9. The highest BCUT2D eigenvalue weighted by atomic mass is 35.5. The molecule has 1 aliphatic rings. The van der Waals surface area contributed by atoms with E-state index in [1.807, 2.05) is 40.0 Å². The Bertz CT molecular complexity index is 1530. The van der Waals surface area contributed by atoms with Gasteiger partial charge >= 0.3 is 6.09 Å². The van der Waals surface area contributed by atoms with Crippen molar-refractivity contribution in [2.45, 2.75) is 45.9 Å². The Balaban J connectivity index is 1.38. The Morgan fingerprint density at radius 2 is 1.95 bits per heavy atom. The number of carbonyl (C=O) groups is 1. The third-order valence-corrected chi connectivity index (χ3v) is 6.61. The number of hydrogen-bond donors (Lipinski definition) is 0. The van der Waals surface area contributed by atoms with E-state index in [1.54, 1.807) is 40.1 Å². The molecule has 0 radical (unpaired) electrons. The fraction of sp³-hybridized carbons (Fsp3) is 0.321. The van der Waals surface area contributed by atoms with Crippen molar-refractivity contribution < 1.29 is 14.3 Å². The standard InChI is InChI=1S/C28H29ClN4O4/c1-28(2,3)37-27(35)32-11-10-23-22-8-7-20(13-24(22)31(4)25(23)16-32)33-12-9-21(14-26(33)34)36-17-19-6-5-18(29)15-30-19/h5-9,12-15H,10-11,16-17H2,1-4H3.